The van der Waals surface area contributed by atoms with Crippen molar-refractivity contribution in [3.8, 4) is 5.69 Å². The van der Waals surface area contributed by atoms with Crippen LogP contribution in [0.2, 0.25) is 10.0 Å². The maximum atomic E-state index is 14.2. The number of nitrogens with zero attached hydrogens (tertiary/aromatic N) is 3. The van der Waals surface area contributed by atoms with Crippen LogP contribution in [0.5, 0.6) is 0 Å². The highest BCUT2D eigenvalue weighted by molar-refractivity contribution is 6.36. The van der Waals surface area contributed by atoms with Gasteiger partial charge in [-0.3, -0.25) is 0 Å². The zero-order valence-corrected chi connectivity index (χ0v) is 17.4. The molecule has 0 unspecified atom stereocenters. The third-order valence-corrected chi connectivity index (χ3v) is 5.35. The Labute approximate surface area is 187 Å². The molecule has 0 radical (unpaired) electrons. The first-order valence-electron chi connectivity index (χ1n) is 8.89. The second kappa shape index (κ2) is 7.41. The predicted octanol–water partition coefficient (Wildman–Crippen LogP) is 6.92. The summed E-state index contributed by atoms with van der Waals surface area (Å²) in [5.41, 5.74) is -6.58. The van der Waals surface area contributed by atoms with Crippen LogP contribution in [-0.2, 0) is 10.3 Å². The van der Waals surface area contributed by atoms with Crippen LogP contribution in [0.3, 0.4) is 0 Å². The maximum absolute atomic E-state index is 14.2. The summed E-state index contributed by atoms with van der Waals surface area (Å²) in [6, 6.07) is 11.2. The SMILES string of the molecule is Cc1nn(-c2ccccc2)c2c1C(C(F)(F)F)(C(F)(F)F)OC(c1ccc(Cl)cc1Cl)=N2. The van der Waals surface area contributed by atoms with E-state index in [1.165, 1.54) is 18.2 Å². The molecule has 168 valence electrons. The lowest BCUT2D eigenvalue weighted by molar-refractivity contribution is -0.370. The first kappa shape index (κ1) is 22.5. The molecule has 0 spiro atoms. The van der Waals surface area contributed by atoms with Gasteiger partial charge in [0.2, 0.25) is 5.90 Å². The van der Waals surface area contributed by atoms with Crippen molar-refractivity contribution in [1.29, 1.82) is 0 Å². The van der Waals surface area contributed by atoms with Crippen LogP contribution >= 0.6 is 23.2 Å². The molecular weight excluding hydrogens is 483 g/mol. The van der Waals surface area contributed by atoms with Crippen LogP contribution in [-0.4, -0.2) is 28.0 Å². The molecule has 0 bridgehead atoms. The van der Waals surface area contributed by atoms with Crippen LogP contribution in [0, 0.1) is 6.92 Å². The molecule has 0 saturated heterocycles. The monoisotopic (exact) mass is 493 g/mol. The minimum Gasteiger partial charge on any atom is -0.446 e. The number of alkyl halides is 6. The van der Waals surface area contributed by atoms with Gasteiger partial charge < -0.3 is 4.74 Å². The van der Waals surface area contributed by atoms with Crippen molar-refractivity contribution in [3.05, 3.63) is 75.4 Å². The van der Waals surface area contributed by atoms with Gasteiger partial charge in [-0.25, -0.2) is 4.68 Å². The summed E-state index contributed by atoms with van der Waals surface area (Å²) >= 11 is 11.9. The van der Waals surface area contributed by atoms with E-state index in [4.69, 9.17) is 23.2 Å². The fraction of sp³-hybridized carbons (Fsp3) is 0.200. The summed E-state index contributed by atoms with van der Waals surface area (Å²) in [4.78, 5) is 3.99. The number of aliphatic imine (C=N–C) groups is 1. The molecule has 0 aliphatic carbocycles. The number of fused-ring (bicyclic) bond motifs is 1. The van der Waals surface area contributed by atoms with E-state index in [2.05, 4.69) is 14.8 Å². The number of aryl methyl sites for hydroxylation is 1. The Kier molecular flexibility index (Phi) is 5.21. The number of para-hydroxylation sites is 1. The van der Waals surface area contributed by atoms with Crippen LogP contribution in [0.4, 0.5) is 32.2 Å². The van der Waals surface area contributed by atoms with Gasteiger partial charge in [0, 0.05) is 5.02 Å². The summed E-state index contributed by atoms with van der Waals surface area (Å²) in [6.07, 6.45) is -11.8. The van der Waals surface area contributed by atoms with E-state index in [0.29, 0.717) is 0 Å². The van der Waals surface area contributed by atoms with Crippen molar-refractivity contribution < 1.29 is 31.1 Å². The highest BCUT2D eigenvalue weighted by Crippen LogP contribution is 2.58. The Morgan fingerprint density at radius 3 is 2.12 bits per heavy atom. The number of benzene rings is 2. The highest BCUT2D eigenvalue weighted by Gasteiger charge is 2.77. The van der Waals surface area contributed by atoms with E-state index in [1.807, 2.05) is 0 Å². The highest BCUT2D eigenvalue weighted by atomic mass is 35.5. The Morgan fingerprint density at radius 1 is 0.938 bits per heavy atom. The predicted molar refractivity (Wildman–Crippen MR) is 106 cm³/mol. The molecule has 1 aliphatic rings. The number of ether oxygens (including phenoxy) is 1. The number of aromatic nitrogens is 2. The van der Waals surface area contributed by atoms with Gasteiger partial charge in [-0.2, -0.15) is 36.4 Å². The van der Waals surface area contributed by atoms with Crippen LogP contribution in [0.1, 0.15) is 16.8 Å². The molecule has 2 heterocycles. The standard InChI is InChI=1S/C20H11Cl2F6N3O/c1-10-15-16(31(30-10)12-5-3-2-4-6-12)29-17(13-8-7-11(21)9-14(13)22)32-18(15,19(23,24)25)20(26,27)28/h2-9H,1H3. The molecule has 4 nitrogen and oxygen atoms in total. The number of rotatable bonds is 2. The lowest BCUT2D eigenvalue weighted by atomic mass is 9.90. The average Bonchev–Trinajstić information content (AvgIpc) is 3.03. The van der Waals surface area contributed by atoms with E-state index in [-0.39, 0.29) is 21.3 Å². The molecule has 1 aliphatic heterocycles. The van der Waals surface area contributed by atoms with Crippen LogP contribution < -0.4 is 0 Å². The first-order chi connectivity index (χ1) is 14.9. The summed E-state index contributed by atoms with van der Waals surface area (Å²) in [5, 5.41) is 3.81. The third-order valence-electron chi connectivity index (χ3n) is 4.81. The molecule has 12 heteroatoms. The van der Waals surface area contributed by atoms with Crippen molar-refractivity contribution in [2.45, 2.75) is 24.9 Å². The van der Waals surface area contributed by atoms with E-state index in [0.717, 1.165) is 23.7 Å². The van der Waals surface area contributed by atoms with Crippen molar-refractivity contribution >= 4 is 34.9 Å². The molecule has 0 amide bonds. The zero-order chi connectivity index (χ0) is 23.5. The summed E-state index contributed by atoms with van der Waals surface area (Å²) in [7, 11) is 0. The molecular formula is C20H11Cl2F6N3O. The van der Waals surface area contributed by atoms with E-state index in [1.54, 1.807) is 18.2 Å². The molecule has 0 fully saturated rings. The fourth-order valence-corrected chi connectivity index (χ4v) is 3.92. The number of halogens is 8. The summed E-state index contributed by atoms with van der Waals surface area (Å²) < 4.78 is 90.9. The van der Waals surface area contributed by atoms with Crippen LogP contribution in [0.25, 0.3) is 5.69 Å². The molecule has 0 atom stereocenters. The molecule has 4 rings (SSSR count). The smallest absolute Gasteiger partial charge is 0.442 e. The Bertz CT molecular complexity index is 1200. The van der Waals surface area contributed by atoms with Gasteiger partial charge in [-0.05, 0) is 37.3 Å². The molecule has 32 heavy (non-hydrogen) atoms. The minimum absolute atomic E-state index is 0.124. The third kappa shape index (κ3) is 3.32. The van der Waals surface area contributed by atoms with Gasteiger partial charge in [-0.15, -0.1) is 0 Å². The average molecular weight is 494 g/mol. The largest absolute Gasteiger partial charge is 0.446 e. The normalized spacial score (nSPS) is 15.7. The van der Waals surface area contributed by atoms with Gasteiger partial charge >= 0.3 is 18.0 Å². The maximum Gasteiger partial charge on any atom is 0.442 e. The molecule has 1 aromatic heterocycles. The van der Waals surface area contributed by atoms with Crippen molar-refractivity contribution in [2.75, 3.05) is 0 Å². The van der Waals surface area contributed by atoms with Crippen molar-refractivity contribution in [3.63, 3.8) is 0 Å². The molecule has 3 aromatic rings. The van der Waals surface area contributed by atoms with Gasteiger partial charge in [0.15, 0.2) is 5.82 Å². The van der Waals surface area contributed by atoms with Gasteiger partial charge in [0.05, 0.1) is 27.5 Å². The van der Waals surface area contributed by atoms with E-state index < -0.39 is 40.9 Å². The fourth-order valence-electron chi connectivity index (χ4n) is 3.43. The number of hydrogen-bond acceptors (Lipinski definition) is 3. The van der Waals surface area contributed by atoms with Gasteiger partial charge in [-0.1, -0.05) is 41.4 Å². The summed E-state index contributed by atoms with van der Waals surface area (Å²) in [5.74, 6) is -1.64. The molecule has 2 aromatic carbocycles. The van der Waals surface area contributed by atoms with E-state index >= 15 is 0 Å². The van der Waals surface area contributed by atoms with Gasteiger partial charge in [0.1, 0.15) is 0 Å². The Hall–Kier alpha value is -2.72. The lowest BCUT2D eigenvalue weighted by Gasteiger charge is -2.39. The second-order valence-corrected chi connectivity index (χ2v) is 7.69. The summed E-state index contributed by atoms with van der Waals surface area (Å²) in [6.45, 7) is 1.03. The minimum atomic E-state index is -5.91. The van der Waals surface area contributed by atoms with Gasteiger partial charge in [0.25, 0.3) is 0 Å². The second-order valence-electron chi connectivity index (χ2n) is 6.85. The molecule has 0 saturated carbocycles. The first-order valence-corrected chi connectivity index (χ1v) is 9.64. The van der Waals surface area contributed by atoms with Crippen LogP contribution in [0.15, 0.2) is 53.5 Å². The molecule has 0 N–H and O–H groups in total. The van der Waals surface area contributed by atoms with Crippen molar-refractivity contribution in [1.82, 2.24) is 9.78 Å². The lowest BCUT2D eigenvalue weighted by Crippen LogP contribution is -2.58. The Balaban J connectivity index is 2.10. The number of hydrogen-bond donors (Lipinski definition) is 0. The van der Waals surface area contributed by atoms with E-state index in [9.17, 15) is 26.3 Å². The topological polar surface area (TPSA) is 39.4 Å². The zero-order valence-electron chi connectivity index (χ0n) is 15.9. The van der Waals surface area contributed by atoms with Crippen molar-refractivity contribution in [2.24, 2.45) is 4.99 Å². The Morgan fingerprint density at radius 2 is 1.56 bits per heavy atom. The quantitative estimate of drug-likeness (QED) is 0.363.